The first-order chi connectivity index (χ1) is 12.2. The monoisotopic (exact) mass is 379 g/mol. The zero-order valence-electron chi connectivity index (χ0n) is 14.1. The molecule has 2 aliphatic rings. The number of anilines is 2. The minimum atomic E-state index is -0.0597. The van der Waals surface area contributed by atoms with Crippen LogP contribution in [0, 0.1) is 6.92 Å². The maximum absolute atomic E-state index is 12.5. The van der Waals surface area contributed by atoms with Gasteiger partial charge >= 0.3 is 6.03 Å². The number of carbonyl (C=O) groups is 1. The van der Waals surface area contributed by atoms with Gasteiger partial charge in [0.2, 0.25) is 0 Å². The van der Waals surface area contributed by atoms with E-state index in [1.165, 1.54) is 11.3 Å². The van der Waals surface area contributed by atoms with Crippen LogP contribution in [-0.4, -0.2) is 46.6 Å². The van der Waals surface area contributed by atoms with Crippen LogP contribution in [0.1, 0.15) is 29.1 Å². The van der Waals surface area contributed by atoms with E-state index in [0.717, 1.165) is 53.7 Å². The average Bonchev–Trinajstić information content (AvgIpc) is 3.20. The second-order valence-corrected chi connectivity index (χ2v) is 8.26. The molecule has 0 aromatic carbocycles. The Labute approximate surface area is 154 Å². The molecule has 134 valence electrons. The van der Waals surface area contributed by atoms with Crippen LogP contribution in [0.25, 0.3) is 0 Å². The number of amides is 2. The molecule has 2 aromatic rings. The minimum Gasteiger partial charge on any atom is -0.375 e. The number of aromatic nitrogens is 2. The summed E-state index contributed by atoms with van der Waals surface area (Å²) in [5.41, 5.74) is 2.11. The van der Waals surface area contributed by atoms with Crippen LogP contribution in [-0.2, 0) is 17.8 Å². The van der Waals surface area contributed by atoms with Gasteiger partial charge in [-0.05, 0) is 19.8 Å². The summed E-state index contributed by atoms with van der Waals surface area (Å²) in [5, 5.41) is 10.1. The lowest BCUT2D eigenvalue weighted by Gasteiger charge is -2.32. The maximum atomic E-state index is 12.5. The number of ether oxygens (including phenoxy) is 1. The standard InChI is InChI=1S/C16H21N5O2S2/c1-10-9-24-14(17-10)18-11-2-5-21(6-3-11)16(22)20-15-19-12-4-7-23-8-13(12)25-15/h9,11H,2-8H2,1H3,(H,17,18)(H,19,20,22). The molecule has 9 heteroatoms. The van der Waals surface area contributed by atoms with E-state index in [4.69, 9.17) is 4.74 Å². The number of aryl methyl sites for hydroxylation is 1. The Morgan fingerprint density at radius 3 is 2.88 bits per heavy atom. The number of carbonyl (C=O) groups excluding carboxylic acids is 1. The second-order valence-electron chi connectivity index (χ2n) is 6.32. The predicted molar refractivity (Wildman–Crippen MR) is 99.6 cm³/mol. The van der Waals surface area contributed by atoms with Crippen LogP contribution in [0.5, 0.6) is 0 Å². The van der Waals surface area contributed by atoms with Crippen LogP contribution in [0.4, 0.5) is 15.1 Å². The summed E-state index contributed by atoms with van der Waals surface area (Å²) < 4.78 is 5.43. The zero-order chi connectivity index (χ0) is 17.2. The summed E-state index contributed by atoms with van der Waals surface area (Å²) >= 11 is 3.15. The molecule has 4 heterocycles. The van der Waals surface area contributed by atoms with Crippen molar-refractivity contribution in [1.29, 1.82) is 0 Å². The second kappa shape index (κ2) is 7.27. The van der Waals surface area contributed by atoms with Gasteiger partial charge in [-0.3, -0.25) is 5.32 Å². The number of nitrogens with zero attached hydrogens (tertiary/aromatic N) is 3. The molecule has 4 rings (SSSR count). The summed E-state index contributed by atoms with van der Waals surface area (Å²) in [6, 6.07) is 0.314. The van der Waals surface area contributed by atoms with Gasteiger partial charge < -0.3 is 15.0 Å². The molecule has 0 atom stereocenters. The highest BCUT2D eigenvalue weighted by Crippen LogP contribution is 2.27. The van der Waals surface area contributed by atoms with E-state index in [0.29, 0.717) is 24.4 Å². The molecule has 25 heavy (non-hydrogen) atoms. The maximum Gasteiger partial charge on any atom is 0.323 e. The lowest BCUT2D eigenvalue weighted by atomic mass is 10.1. The molecule has 0 spiro atoms. The molecule has 0 bridgehead atoms. The molecule has 7 nitrogen and oxygen atoms in total. The highest BCUT2D eigenvalue weighted by atomic mass is 32.1. The minimum absolute atomic E-state index is 0.0597. The van der Waals surface area contributed by atoms with Gasteiger partial charge in [0.15, 0.2) is 10.3 Å². The number of hydrogen-bond donors (Lipinski definition) is 2. The summed E-state index contributed by atoms with van der Waals surface area (Å²) in [6.45, 7) is 4.79. The molecule has 1 fully saturated rings. The van der Waals surface area contributed by atoms with Gasteiger partial charge in [0, 0.05) is 30.9 Å². The lowest BCUT2D eigenvalue weighted by molar-refractivity contribution is 0.112. The van der Waals surface area contributed by atoms with Gasteiger partial charge in [-0.1, -0.05) is 11.3 Å². The molecule has 2 amide bonds. The SMILES string of the molecule is Cc1csc(NC2CCN(C(=O)Nc3nc4c(s3)COCC4)CC2)n1. The summed E-state index contributed by atoms with van der Waals surface area (Å²) in [5.74, 6) is 0. The number of urea groups is 1. The third-order valence-electron chi connectivity index (χ3n) is 4.44. The van der Waals surface area contributed by atoms with E-state index in [9.17, 15) is 4.79 Å². The fraction of sp³-hybridized carbons (Fsp3) is 0.562. The smallest absolute Gasteiger partial charge is 0.323 e. The predicted octanol–water partition coefficient (Wildman–Crippen LogP) is 3.09. The first kappa shape index (κ1) is 16.7. The highest BCUT2D eigenvalue weighted by Gasteiger charge is 2.24. The number of thiazole rings is 2. The third-order valence-corrected chi connectivity index (χ3v) is 6.32. The topological polar surface area (TPSA) is 79.4 Å². The van der Waals surface area contributed by atoms with E-state index < -0.39 is 0 Å². The van der Waals surface area contributed by atoms with E-state index in [-0.39, 0.29) is 6.03 Å². The van der Waals surface area contributed by atoms with Crippen molar-refractivity contribution in [2.24, 2.45) is 0 Å². The summed E-state index contributed by atoms with van der Waals surface area (Å²) in [6.07, 6.45) is 2.68. The van der Waals surface area contributed by atoms with E-state index in [2.05, 4.69) is 20.6 Å². The molecule has 1 saturated heterocycles. The highest BCUT2D eigenvalue weighted by molar-refractivity contribution is 7.15. The number of rotatable bonds is 3. The fourth-order valence-corrected chi connectivity index (χ4v) is 4.77. The molecule has 0 saturated carbocycles. The van der Waals surface area contributed by atoms with Crippen LogP contribution in [0.3, 0.4) is 0 Å². The number of piperidine rings is 1. The van der Waals surface area contributed by atoms with Crippen molar-refractivity contribution in [2.75, 3.05) is 30.3 Å². The van der Waals surface area contributed by atoms with Crippen molar-refractivity contribution in [1.82, 2.24) is 14.9 Å². The van der Waals surface area contributed by atoms with E-state index in [1.807, 2.05) is 17.2 Å². The van der Waals surface area contributed by atoms with Crippen molar-refractivity contribution in [3.8, 4) is 0 Å². The molecule has 0 aliphatic carbocycles. The largest absolute Gasteiger partial charge is 0.375 e. The van der Waals surface area contributed by atoms with Gasteiger partial charge in [-0.2, -0.15) is 0 Å². The summed E-state index contributed by atoms with van der Waals surface area (Å²) in [7, 11) is 0. The third kappa shape index (κ3) is 3.94. The first-order valence-corrected chi connectivity index (χ1v) is 10.2. The van der Waals surface area contributed by atoms with Gasteiger partial charge in [-0.15, -0.1) is 11.3 Å². The molecule has 2 aromatic heterocycles. The van der Waals surface area contributed by atoms with Crippen molar-refractivity contribution >= 4 is 39.0 Å². The molecule has 0 radical (unpaired) electrons. The van der Waals surface area contributed by atoms with Crippen LogP contribution < -0.4 is 10.6 Å². The lowest BCUT2D eigenvalue weighted by Crippen LogP contribution is -2.44. The normalized spacial score (nSPS) is 18.0. The van der Waals surface area contributed by atoms with Gasteiger partial charge in [0.05, 0.1) is 29.5 Å². The van der Waals surface area contributed by atoms with Gasteiger partial charge in [0.1, 0.15) is 0 Å². The number of hydrogen-bond acceptors (Lipinski definition) is 7. The Morgan fingerprint density at radius 1 is 1.32 bits per heavy atom. The Kier molecular flexibility index (Phi) is 4.87. The quantitative estimate of drug-likeness (QED) is 0.857. The molecular formula is C16H21N5O2S2. The van der Waals surface area contributed by atoms with E-state index in [1.54, 1.807) is 11.3 Å². The molecular weight excluding hydrogens is 358 g/mol. The zero-order valence-corrected chi connectivity index (χ0v) is 15.7. The summed E-state index contributed by atoms with van der Waals surface area (Å²) in [4.78, 5) is 24.4. The Hall–Kier alpha value is -1.71. The Bertz CT molecular complexity index is 728. The van der Waals surface area contributed by atoms with Gasteiger partial charge in [-0.25, -0.2) is 14.8 Å². The Morgan fingerprint density at radius 2 is 2.16 bits per heavy atom. The fourth-order valence-electron chi connectivity index (χ4n) is 3.07. The molecule has 0 unspecified atom stereocenters. The van der Waals surface area contributed by atoms with Crippen molar-refractivity contribution in [3.63, 3.8) is 0 Å². The number of fused-ring (bicyclic) bond motifs is 1. The number of nitrogens with one attached hydrogen (secondary N) is 2. The van der Waals surface area contributed by atoms with Crippen LogP contribution in [0.2, 0.25) is 0 Å². The molecule has 2 aliphatic heterocycles. The van der Waals surface area contributed by atoms with E-state index >= 15 is 0 Å². The Balaban J connectivity index is 1.28. The van der Waals surface area contributed by atoms with Crippen molar-refractivity contribution < 1.29 is 9.53 Å². The van der Waals surface area contributed by atoms with Crippen molar-refractivity contribution in [3.05, 3.63) is 21.6 Å². The first-order valence-electron chi connectivity index (χ1n) is 8.48. The van der Waals surface area contributed by atoms with Crippen LogP contribution in [0.15, 0.2) is 5.38 Å². The van der Waals surface area contributed by atoms with Crippen LogP contribution >= 0.6 is 22.7 Å². The van der Waals surface area contributed by atoms with Gasteiger partial charge in [0.25, 0.3) is 0 Å². The number of likely N-dealkylation sites (tertiary alicyclic amines) is 1. The average molecular weight is 380 g/mol. The molecule has 2 N–H and O–H groups in total. The van der Waals surface area contributed by atoms with Crippen molar-refractivity contribution in [2.45, 2.75) is 38.8 Å².